The van der Waals surface area contributed by atoms with Crippen molar-refractivity contribution in [1.82, 2.24) is 5.32 Å². The SMILES string of the molecule is C#CCNC1(CN)CCC(CC)C1. The van der Waals surface area contributed by atoms with E-state index in [1.54, 1.807) is 0 Å². The lowest BCUT2D eigenvalue weighted by atomic mass is 9.95. The molecule has 1 aliphatic carbocycles. The predicted octanol–water partition coefficient (Wildman–Crippen LogP) is 1.12. The van der Waals surface area contributed by atoms with Crippen LogP contribution in [-0.4, -0.2) is 18.6 Å². The van der Waals surface area contributed by atoms with Crippen molar-refractivity contribution in [3.63, 3.8) is 0 Å². The fourth-order valence-electron chi connectivity index (χ4n) is 2.24. The van der Waals surface area contributed by atoms with Gasteiger partial charge < -0.3 is 5.73 Å². The molecule has 1 saturated carbocycles. The van der Waals surface area contributed by atoms with Crippen LogP contribution in [0.4, 0.5) is 0 Å². The van der Waals surface area contributed by atoms with Gasteiger partial charge in [-0.05, 0) is 25.2 Å². The lowest BCUT2D eigenvalue weighted by molar-refractivity contribution is 0.341. The molecule has 0 aliphatic heterocycles. The van der Waals surface area contributed by atoms with Gasteiger partial charge >= 0.3 is 0 Å². The summed E-state index contributed by atoms with van der Waals surface area (Å²) in [6.07, 6.45) is 10.2. The molecule has 0 aromatic heterocycles. The Labute approximate surface area is 81.3 Å². The van der Waals surface area contributed by atoms with E-state index in [2.05, 4.69) is 18.2 Å². The summed E-state index contributed by atoms with van der Waals surface area (Å²) in [5.74, 6) is 3.46. The molecule has 3 N–H and O–H groups in total. The molecule has 0 aromatic rings. The van der Waals surface area contributed by atoms with Gasteiger partial charge in [-0.1, -0.05) is 19.3 Å². The number of nitrogens with two attached hydrogens (primary N) is 1. The summed E-state index contributed by atoms with van der Waals surface area (Å²) in [6, 6.07) is 0. The lowest BCUT2D eigenvalue weighted by Crippen LogP contribution is -2.49. The number of hydrogen-bond acceptors (Lipinski definition) is 2. The molecule has 0 aromatic carbocycles. The number of nitrogens with one attached hydrogen (secondary N) is 1. The van der Waals surface area contributed by atoms with E-state index in [4.69, 9.17) is 12.2 Å². The van der Waals surface area contributed by atoms with Crippen LogP contribution in [0, 0.1) is 18.3 Å². The maximum absolute atomic E-state index is 5.80. The molecule has 2 nitrogen and oxygen atoms in total. The zero-order chi connectivity index (χ0) is 9.73. The van der Waals surface area contributed by atoms with Gasteiger partial charge in [-0.3, -0.25) is 5.32 Å². The number of rotatable bonds is 4. The average Bonchev–Trinajstić information content (AvgIpc) is 2.59. The Balaban J connectivity index is 2.48. The first kappa shape index (κ1) is 10.6. The zero-order valence-corrected chi connectivity index (χ0v) is 8.47. The Morgan fingerprint density at radius 1 is 1.69 bits per heavy atom. The normalized spacial score (nSPS) is 33.2. The quantitative estimate of drug-likeness (QED) is 0.636. The average molecular weight is 180 g/mol. The highest BCUT2D eigenvalue weighted by molar-refractivity contribution is 5.00. The molecule has 2 heteroatoms. The summed E-state index contributed by atoms with van der Waals surface area (Å²) < 4.78 is 0. The van der Waals surface area contributed by atoms with Crippen molar-refractivity contribution in [2.45, 2.75) is 38.1 Å². The van der Waals surface area contributed by atoms with Gasteiger partial charge in [0, 0.05) is 12.1 Å². The van der Waals surface area contributed by atoms with Crippen molar-refractivity contribution in [2.24, 2.45) is 11.7 Å². The van der Waals surface area contributed by atoms with Crippen LogP contribution < -0.4 is 11.1 Å². The number of hydrogen-bond donors (Lipinski definition) is 2. The maximum atomic E-state index is 5.80. The van der Waals surface area contributed by atoms with Gasteiger partial charge in [0.05, 0.1) is 6.54 Å². The van der Waals surface area contributed by atoms with Gasteiger partial charge in [0.1, 0.15) is 0 Å². The van der Waals surface area contributed by atoms with Crippen LogP contribution in [0.1, 0.15) is 32.6 Å². The van der Waals surface area contributed by atoms with Crippen molar-refractivity contribution < 1.29 is 0 Å². The molecular weight excluding hydrogens is 160 g/mol. The van der Waals surface area contributed by atoms with Crippen LogP contribution in [-0.2, 0) is 0 Å². The van der Waals surface area contributed by atoms with E-state index in [9.17, 15) is 0 Å². The number of terminal acetylenes is 1. The molecule has 2 unspecified atom stereocenters. The molecule has 0 spiro atoms. The van der Waals surface area contributed by atoms with Crippen molar-refractivity contribution in [3.8, 4) is 12.3 Å². The third-order valence-electron chi connectivity index (χ3n) is 3.24. The molecule has 0 radical (unpaired) electrons. The van der Waals surface area contributed by atoms with Crippen LogP contribution in [0.5, 0.6) is 0 Å². The maximum Gasteiger partial charge on any atom is 0.0578 e. The molecule has 0 amide bonds. The Kier molecular flexibility index (Phi) is 3.77. The Morgan fingerprint density at radius 2 is 2.46 bits per heavy atom. The fraction of sp³-hybridized carbons (Fsp3) is 0.818. The topological polar surface area (TPSA) is 38.0 Å². The van der Waals surface area contributed by atoms with Crippen LogP contribution in [0.15, 0.2) is 0 Å². The molecule has 74 valence electrons. The van der Waals surface area contributed by atoms with E-state index in [0.29, 0.717) is 13.1 Å². The molecule has 1 fully saturated rings. The highest BCUT2D eigenvalue weighted by Crippen LogP contribution is 2.35. The molecule has 0 saturated heterocycles. The van der Waals surface area contributed by atoms with Crippen LogP contribution >= 0.6 is 0 Å². The van der Waals surface area contributed by atoms with E-state index in [1.807, 2.05) is 0 Å². The summed E-state index contributed by atoms with van der Waals surface area (Å²) in [7, 11) is 0. The fourth-order valence-corrected chi connectivity index (χ4v) is 2.24. The van der Waals surface area contributed by atoms with Gasteiger partial charge in [-0.2, -0.15) is 0 Å². The van der Waals surface area contributed by atoms with E-state index < -0.39 is 0 Å². The Hall–Kier alpha value is -0.520. The second-order valence-electron chi connectivity index (χ2n) is 4.06. The summed E-state index contributed by atoms with van der Waals surface area (Å²) in [6.45, 7) is 3.61. The first-order valence-corrected chi connectivity index (χ1v) is 5.15. The minimum Gasteiger partial charge on any atom is -0.329 e. The molecule has 0 bridgehead atoms. The minimum absolute atomic E-state index is 0.146. The van der Waals surface area contributed by atoms with Crippen LogP contribution in [0.25, 0.3) is 0 Å². The Morgan fingerprint density at radius 3 is 2.92 bits per heavy atom. The molecule has 0 heterocycles. The first-order valence-electron chi connectivity index (χ1n) is 5.15. The summed E-state index contributed by atoms with van der Waals surface area (Å²) >= 11 is 0. The second-order valence-corrected chi connectivity index (χ2v) is 4.06. The highest BCUT2D eigenvalue weighted by atomic mass is 15.0. The summed E-state index contributed by atoms with van der Waals surface area (Å²) in [5.41, 5.74) is 5.94. The van der Waals surface area contributed by atoms with Crippen LogP contribution in [0.2, 0.25) is 0 Å². The lowest BCUT2D eigenvalue weighted by Gasteiger charge is -2.28. The van der Waals surface area contributed by atoms with Gasteiger partial charge in [-0.25, -0.2) is 0 Å². The standard InChI is InChI=1S/C11H20N2/c1-3-7-13-11(9-12)6-5-10(4-2)8-11/h1,10,13H,4-9,12H2,2H3. The molecule has 2 atom stereocenters. The van der Waals surface area contributed by atoms with Crippen molar-refractivity contribution >= 4 is 0 Å². The third kappa shape index (κ3) is 2.46. The van der Waals surface area contributed by atoms with Gasteiger partial charge in [0.25, 0.3) is 0 Å². The predicted molar refractivity (Wildman–Crippen MR) is 56.3 cm³/mol. The van der Waals surface area contributed by atoms with Gasteiger partial charge in [0.2, 0.25) is 0 Å². The van der Waals surface area contributed by atoms with Crippen molar-refractivity contribution in [3.05, 3.63) is 0 Å². The summed E-state index contributed by atoms with van der Waals surface area (Å²) in [4.78, 5) is 0. The monoisotopic (exact) mass is 180 g/mol. The molecule has 1 rings (SSSR count). The van der Waals surface area contributed by atoms with Crippen molar-refractivity contribution in [1.29, 1.82) is 0 Å². The van der Waals surface area contributed by atoms with E-state index in [0.717, 1.165) is 5.92 Å². The molecule has 1 aliphatic rings. The third-order valence-corrected chi connectivity index (χ3v) is 3.24. The van der Waals surface area contributed by atoms with E-state index in [-0.39, 0.29) is 5.54 Å². The van der Waals surface area contributed by atoms with E-state index >= 15 is 0 Å². The van der Waals surface area contributed by atoms with Crippen LogP contribution in [0.3, 0.4) is 0 Å². The smallest absolute Gasteiger partial charge is 0.0578 e. The largest absolute Gasteiger partial charge is 0.329 e. The van der Waals surface area contributed by atoms with E-state index in [1.165, 1.54) is 25.7 Å². The molecule has 13 heavy (non-hydrogen) atoms. The highest BCUT2D eigenvalue weighted by Gasteiger charge is 2.36. The second kappa shape index (κ2) is 4.64. The van der Waals surface area contributed by atoms with Crippen molar-refractivity contribution in [2.75, 3.05) is 13.1 Å². The van der Waals surface area contributed by atoms with Gasteiger partial charge in [0.15, 0.2) is 0 Å². The minimum atomic E-state index is 0.146. The first-order chi connectivity index (χ1) is 6.26. The summed E-state index contributed by atoms with van der Waals surface area (Å²) in [5, 5.41) is 3.40. The molecular formula is C11H20N2. The van der Waals surface area contributed by atoms with Gasteiger partial charge in [-0.15, -0.1) is 6.42 Å². The zero-order valence-electron chi connectivity index (χ0n) is 8.47. The Bertz CT molecular complexity index is 195.